The molecule has 19 heavy (non-hydrogen) atoms. The molecule has 0 fully saturated rings. The summed E-state index contributed by atoms with van der Waals surface area (Å²) >= 11 is 0. The maximum absolute atomic E-state index is 11.0. The molecule has 1 heterocycles. The molecule has 0 amide bonds. The fraction of sp³-hybridized carbons (Fsp3) is 0.615. The summed E-state index contributed by atoms with van der Waals surface area (Å²) in [6.07, 6.45) is 4.85. The van der Waals surface area contributed by atoms with Crippen molar-refractivity contribution in [2.45, 2.75) is 52.2 Å². The highest BCUT2D eigenvalue weighted by atomic mass is 16.4. The van der Waals surface area contributed by atoms with E-state index < -0.39 is 12.0 Å². The standard InChI is InChI=1S/C13H22N4O2/c1-4-5-11(12(18)19)14-6-10-7-15-13(16-8-10)17-9(2)3/h7-9,11,14H,4-6H2,1-3H3,(H,18,19)(H,15,16,17)/t11-/m0/s1. The van der Waals surface area contributed by atoms with Gasteiger partial charge in [-0.2, -0.15) is 0 Å². The minimum atomic E-state index is -0.819. The number of carboxylic acids is 1. The van der Waals surface area contributed by atoms with Crippen LogP contribution in [0.2, 0.25) is 0 Å². The molecule has 6 nitrogen and oxygen atoms in total. The molecule has 0 aliphatic rings. The summed E-state index contributed by atoms with van der Waals surface area (Å²) in [6.45, 7) is 6.45. The van der Waals surface area contributed by atoms with Gasteiger partial charge in [0.1, 0.15) is 6.04 Å². The van der Waals surface area contributed by atoms with Crippen LogP contribution in [0.15, 0.2) is 12.4 Å². The van der Waals surface area contributed by atoms with Gasteiger partial charge in [-0.25, -0.2) is 9.97 Å². The first-order chi connectivity index (χ1) is 9.02. The van der Waals surface area contributed by atoms with E-state index in [9.17, 15) is 4.79 Å². The summed E-state index contributed by atoms with van der Waals surface area (Å²) < 4.78 is 0. The first-order valence-corrected chi connectivity index (χ1v) is 6.56. The molecule has 106 valence electrons. The van der Waals surface area contributed by atoms with Crippen molar-refractivity contribution >= 4 is 11.9 Å². The second-order valence-corrected chi connectivity index (χ2v) is 4.77. The zero-order valence-electron chi connectivity index (χ0n) is 11.7. The summed E-state index contributed by atoms with van der Waals surface area (Å²) in [5.74, 6) is -0.233. The Morgan fingerprint density at radius 2 is 2.00 bits per heavy atom. The molecule has 1 rings (SSSR count). The molecule has 1 aromatic rings. The lowest BCUT2D eigenvalue weighted by Gasteiger charge is -2.13. The molecule has 0 aliphatic carbocycles. The van der Waals surface area contributed by atoms with E-state index in [1.54, 1.807) is 12.4 Å². The third-order valence-corrected chi connectivity index (χ3v) is 2.55. The predicted molar refractivity (Wildman–Crippen MR) is 74.0 cm³/mol. The minimum absolute atomic E-state index is 0.282. The summed E-state index contributed by atoms with van der Waals surface area (Å²) in [5, 5.41) is 15.1. The summed E-state index contributed by atoms with van der Waals surface area (Å²) in [4.78, 5) is 19.3. The largest absolute Gasteiger partial charge is 0.480 e. The first kappa shape index (κ1) is 15.4. The van der Waals surface area contributed by atoms with Crippen LogP contribution in [-0.4, -0.2) is 33.1 Å². The number of nitrogens with zero attached hydrogens (tertiary/aromatic N) is 2. The van der Waals surface area contributed by atoms with Crippen LogP contribution in [0.5, 0.6) is 0 Å². The van der Waals surface area contributed by atoms with Crippen molar-refractivity contribution in [1.29, 1.82) is 0 Å². The summed E-state index contributed by atoms with van der Waals surface area (Å²) in [7, 11) is 0. The number of hydrogen-bond donors (Lipinski definition) is 3. The van der Waals surface area contributed by atoms with Crippen LogP contribution in [0.1, 0.15) is 39.2 Å². The second-order valence-electron chi connectivity index (χ2n) is 4.77. The fourth-order valence-electron chi connectivity index (χ4n) is 1.62. The molecule has 0 spiro atoms. The van der Waals surface area contributed by atoms with Gasteiger partial charge in [0.25, 0.3) is 0 Å². The van der Waals surface area contributed by atoms with Crippen LogP contribution in [-0.2, 0) is 11.3 Å². The highest BCUT2D eigenvalue weighted by molar-refractivity contribution is 5.73. The van der Waals surface area contributed by atoms with E-state index in [1.807, 2.05) is 20.8 Å². The molecule has 0 aromatic carbocycles. The van der Waals surface area contributed by atoms with Gasteiger partial charge in [-0.1, -0.05) is 13.3 Å². The Morgan fingerprint density at radius 3 is 2.47 bits per heavy atom. The number of anilines is 1. The number of hydrogen-bond acceptors (Lipinski definition) is 5. The lowest BCUT2D eigenvalue weighted by Crippen LogP contribution is -2.36. The number of nitrogens with one attached hydrogen (secondary N) is 2. The Balaban J connectivity index is 2.50. The molecule has 3 N–H and O–H groups in total. The topological polar surface area (TPSA) is 87.1 Å². The van der Waals surface area contributed by atoms with Crippen molar-refractivity contribution in [1.82, 2.24) is 15.3 Å². The maximum atomic E-state index is 11.0. The van der Waals surface area contributed by atoms with E-state index >= 15 is 0 Å². The Labute approximate surface area is 113 Å². The van der Waals surface area contributed by atoms with Crippen LogP contribution in [0, 0.1) is 0 Å². The normalized spacial score (nSPS) is 12.4. The van der Waals surface area contributed by atoms with Crippen molar-refractivity contribution in [3.8, 4) is 0 Å². The predicted octanol–water partition coefficient (Wildman–Crippen LogP) is 1.64. The van der Waals surface area contributed by atoms with Gasteiger partial charge in [0, 0.05) is 30.5 Å². The van der Waals surface area contributed by atoms with E-state index in [0.29, 0.717) is 18.9 Å². The Hall–Kier alpha value is -1.69. The van der Waals surface area contributed by atoms with Crippen molar-refractivity contribution in [3.63, 3.8) is 0 Å². The lowest BCUT2D eigenvalue weighted by atomic mass is 10.1. The number of carbonyl (C=O) groups is 1. The highest BCUT2D eigenvalue weighted by Crippen LogP contribution is 2.03. The van der Waals surface area contributed by atoms with E-state index in [0.717, 1.165) is 12.0 Å². The summed E-state index contributed by atoms with van der Waals surface area (Å²) in [6, 6.07) is -0.233. The average Bonchev–Trinajstić information content (AvgIpc) is 2.35. The molecule has 0 aliphatic heterocycles. The van der Waals surface area contributed by atoms with Gasteiger partial charge in [0.2, 0.25) is 5.95 Å². The Morgan fingerprint density at radius 1 is 1.37 bits per heavy atom. The van der Waals surface area contributed by atoms with Crippen LogP contribution in [0.3, 0.4) is 0 Å². The Bertz CT molecular complexity index is 392. The van der Waals surface area contributed by atoms with Crippen molar-refractivity contribution in [2.24, 2.45) is 0 Å². The molecule has 6 heteroatoms. The van der Waals surface area contributed by atoms with Crippen LogP contribution in [0.4, 0.5) is 5.95 Å². The lowest BCUT2D eigenvalue weighted by molar-refractivity contribution is -0.139. The van der Waals surface area contributed by atoms with Crippen molar-refractivity contribution < 1.29 is 9.90 Å². The van der Waals surface area contributed by atoms with E-state index in [4.69, 9.17) is 5.11 Å². The number of carboxylic acid groups (broad SMARTS) is 1. The van der Waals surface area contributed by atoms with Gasteiger partial charge in [0.15, 0.2) is 0 Å². The quantitative estimate of drug-likeness (QED) is 0.663. The second kappa shape index (κ2) is 7.68. The Kier molecular flexibility index (Phi) is 6.21. The zero-order valence-corrected chi connectivity index (χ0v) is 11.7. The number of rotatable bonds is 8. The van der Waals surface area contributed by atoms with Crippen LogP contribution < -0.4 is 10.6 Å². The van der Waals surface area contributed by atoms with E-state index in [-0.39, 0.29) is 6.04 Å². The smallest absolute Gasteiger partial charge is 0.320 e. The number of aliphatic carboxylic acids is 1. The zero-order chi connectivity index (χ0) is 14.3. The third kappa shape index (κ3) is 5.65. The first-order valence-electron chi connectivity index (χ1n) is 6.56. The average molecular weight is 266 g/mol. The van der Waals surface area contributed by atoms with Crippen molar-refractivity contribution in [3.05, 3.63) is 18.0 Å². The molecule has 1 aromatic heterocycles. The molecule has 0 radical (unpaired) electrons. The van der Waals surface area contributed by atoms with Crippen molar-refractivity contribution in [2.75, 3.05) is 5.32 Å². The molecule has 0 unspecified atom stereocenters. The summed E-state index contributed by atoms with van der Waals surface area (Å²) in [5.41, 5.74) is 0.872. The monoisotopic (exact) mass is 266 g/mol. The fourth-order valence-corrected chi connectivity index (χ4v) is 1.62. The van der Waals surface area contributed by atoms with Gasteiger partial charge in [0.05, 0.1) is 0 Å². The third-order valence-electron chi connectivity index (χ3n) is 2.55. The van der Waals surface area contributed by atoms with E-state index in [1.165, 1.54) is 0 Å². The van der Waals surface area contributed by atoms with Gasteiger partial charge in [-0.15, -0.1) is 0 Å². The molecule has 0 saturated heterocycles. The molecule has 1 atom stereocenters. The SMILES string of the molecule is CCC[C@H](NCc1cnc(NC(C)C)nc1)C(=O)O. The molecular weight excluding hydrogens is 244 g/mol. The molecule has 0 saturated carbocycles. The van der Waals surface area contributed by atoms with E-state index in [2.05, 4.69) is 20.6 Å². The van der Waals surface area contributed by atoms with Gasteiger partial charge < -0.3 is 15.7 Å². The van der Waals surface area contributed by atoms with Crippen LogP contribution >= 0.6 is 0 Å². The highest BCUT2D eigenvalue weighted by Gasteiger charge is 2.15. The van der Waals surface area contributed by atoms with Gasteiger partial charge in [-0.3, -0.25) is 4.79 Å². The maximum Gasteiger partial charge on any atom is 0.320 e. The minimum Gasteiger partial charge on any atom is -0.480 e. The molecular formula is C13H22N4O2. The molecule has 0 bridgehead atoms. The van der Waals surface area contributed by atoms with Gasteiger partial charge >= 0.3 is 5.97 Å². The van der Waals surface area contributed by atoms with Crippen LogP contribution in [0.25, 0.3) is 0 Å². The van der Waals surface area contributed by atoms with Gasteiger partial charge in [-0.05, 0) is 20.3 Å². The number of aromatic nitrogens is 2.